The van der Waals surface area contributed by atoms with Crippen LogP contribution in [0.5, 0.6) is 0 Å². The van der Waals surface area contributed by atoms with E-state index in [9.17, 15) is 24.6 Å². The van der Waals surface area contributed by atoms with Crippen molar-refractivity contribution in [2.75, 3.05) is 0 Å². The first-order valence-corrected chi connectivity index (χ1v) is 4.39. The molecule has 15 heavy (non-hydrogen) atoms. The minimum atomic E-state index is -1.90. The third kappa shape index (κ3) is 2.90. The standard InChI is InChI=1S/C10H14O5/c1-4-7(11)5-10(3,9(14)15)6(2)8(12)13/h2,4-5H2,1,3H3,(H,12,13)(H,14,15)/p-2. The smallest absolute Gasteiger partial charge is 0.133 e. The molecule has 0 bridgehead atoms. The minimum absolute atomic E-state index is 0.128. The van der Waals surface area contributed by atoms with Crippen LogP contribution in [0.25, 0.3) is 0 Å². The molecule has 0 spiro atoms. The van der Waals surface area contributed by atoms with E-state index in [1.165, 1.54) is 0 Å². The van der Waals surface area contributed by atoms with Gasteiger partial charge in [-0.25, -0.2) is 0 Å². The van der Waals surface area contributed by atoms with Crippen molar-refractivity contribution in [2.24, 2.45) is 5.41 Å². The lowest BCUT2D eigenvalue weighted by Crippen LogP contribution is -2.47. The lowest BCUT2D eigenvalue weighted by molar-refractivity contribution is -0.321. The molecule has 5 nitrogen and oxygen atoms in total. The molecule has 1 atom stereocenters. The van der Waals surface area contributed by atoms with Gasteiger partial charge in [-0.3, -0.25) is 4.79 Å². The molecule has 0 heterocycles. The second kappa shape index (κ2) is 4.72. The number of carbonyl (C=O) groups is 3. The van der Waals surface area contributed by atoms with Crippen LogP contribution in [0.15, 0.2) is 12.2 Å². The minimum Gasteiger partial charge on any atom is -0.549 e. The number of hydrogen-bond acceptors (Lipinski definition) is 5. The van der Waals surface area contributed by atoms with Crippen molar-refractivity contribution in [3.8, 4) is 0 Å². The summed E-state index contributed by atoms with van der Waals surface area (Å²) in [4.78, 5) is 32.4. The lowest BCUT2D eigenvalue weighted by atomic mass is 9.78. The highest BCUT2D eigenvalue weighted by atomic mass is 16.4. The first-order valence-electron chi connectivity index (χ1n) is 4.39. The molecule has 0 amide bonds. The molecule has 1 unspecified atom stereocenters. The van der Waals surface area contributed by atoms with Crippen molar-refractivity contribution >= 4 is 17.7 Å². The van der Waals surface area contributed by atoms with Crippen LogP contribution in [0, 0.1) is 5.41 Å². The fraction of sp³-hybridized carbons (Fsp3) is 0.500. The molecule has 0 radical (unpaired) electrons. The van der Waals surface area contributed by atoms with Gasteiger partial charge >= 0.3 is 0 Å². The SMILES string of the molecule is C=C(C(=O)[O-])C(C)(CC(=O)CC)C(=O)[O-]. The zero-order valence-electron chi connectivity index (χ0n) is 8.66. The summed E-state index contributed by atoms with van der Waals surface area (Å²) in [6, 6.07) is 0. The average Bonchev–Trinajstić information content (AvgIpc) is 2.15. The molecule has 0 N–H and O–H groups in total. The normalized spacial score (nSPS) is 14.0. The molecule has 0 aliphatic carbocycles. The molecule has 0 aliphatic rings. The van der Waals surface area contributed by atoms with Crippen LogP contribution in [-0.2, 0) is 14.4 Å². The van der Waals surface area contributed by atoms with Gasteiger partial charge in [0.15, 0.2) is 0 Å². The van der Waals surface area contributed by atoms with Crippen molar-refractivity contribution in [1.82, 2.24) is 0 Å². The first kappa shape index (κ1) is 13.4. The Bertz CT molecular complexity index is 318. The summed E-state index contributed by atoms with van der Waals surface area (Å²) in [6.45, 7) is 5.75. The van der Waals surface area contributed by atoms with E-state index in [0.29, 0.717) is 0 Å². The Morgan fingerprint density at radius 1 is 1.27 bits per heavy atom. The number of aliphatic carboxylic acids is 2. The van der Waals surface area contributed by atoms with Gasteiger partial charge in [0.2, 0.25) is 0 Å². The summed E-state index contributed by atoms with van der Waals surface area (Å²) in [7, 11) is 0. The van der Waals surface area contributed by atoms with Gasteiger partial charge < -0.3 is 19.8 Å². The highest BCUT2D eigenvalue weighted by Gasteiger charge is 2.32. The van der Waals surface area contributed by atoms with E-state index >= 15 is 0 Å². The van der Waals surface area contributed by atoms with E-state index in [1.807, 2.05) is 0 Å². The van der Waals surface area contributed by atoms with Gasteiger partial charge in [-0.1, -0.05) is 13.5 Å². The zero-order chi connectivity index (χ0) is 12.2. The van der Waals surface area contributed by atoms with Gasteiger partial charge in [0.1, 0.15) is 5.78 Å². The number of hydrogen-bond donors (Lipinski definition) is 0. The molecular weight excluding hydrogens is 200 g/mol. The van der Waals surface area contributed by atoms with E-state index in [-0.39, 0.29) is 12.2 Å². The number of Topliss-reactive ketones (excluding diaryl/α,β-unsaturated/α-hetero) is 1. The van der Waals surface area contributed by atoms with Crippen molar-refractivity contribution in [1.29, 1.82) is 0 Å². The maximum absolute atomic E-state index is 11.1. The van der Waals surface area contributed by atoms with Crippen molar-refractivity contribution < 1.29 is 24.6 Å². The van der Waals surface area contributed by atoms with Gasteiger partial charge in [0.05, 0.1) is 11.9 Å². The molecule has 0 aliphatic heterocycles. The van der Waals surface area contributed by atoms with Crippen molar-refractivity contribution in [3.05, 3.63) is 12.2 Å². The van der Waals surface area contributed by atoms with Crippen LogP contribution in [0.1, 0.15) is 26.7 Å². The Morgan fingerprint density at radius 2 is 1.73 bits per heavy atom. The molecule has 0 aromatic carbocycles. The van der Waals surface area contributed by atoms with Gasteiger partial charge in [-0.05, 0) is 12.5 Å². The maximum atomic E-state index is 11.1. The largest absolute Gasteiger partial charge is 0.549 e. The number of carboxylic acid groups (broad SMARTS) is 2. The second-order valence-corrected chi connectivity index (χ2v) is 3.45. The Hall–Kier alpha value is -1.65. The van der Waals surface area contributed by atoms with Crippen LogP contribution >= 0.6 is 0 Å². The predicted molar refractivity (Wildman–Crippen MR) is 47.2 cm³/mol. The van der Waals surface area contributed by atoms with Gasteiger partial charge in [-0.2, -0.15) is 0 Å². The Balaban J connectivity index is 5.07. The Labute approximate surface area is 87.4 Å². The molecule has 0 saturated heterocycles. The van der Waals surface area contributed by atoms with E-state index in [4.69, 9.17) is 0 Å². The lowest BCUT2D eigenvalue weighted by Gasteiger charge is -2.32. The third-order valence-electron chi connectivity index (χ3n) is 2.31. The summed E-state index contributed by atoms with van der Waals surface area (Å²) in [5.74, 6) is -3.70. The van der Waals surface area contributed by atoms with Crippen LogP contribution in [0.3, 0.4) is 0 Å². The third-order valence-corrected chi connectivity index (χ3v) is 2.31. The molecule has 0 saturated carbocycles. The number of carbonyl (C=O) groups excluding carboxylic acids is 3. The molecule has 5 heteroatoms. The molecular formula is C10H12O5-2. The summed E-state index contributed by atoms with van der Waals surface area (Å²) >= 11 is 0. The van der Waals surface area contributed by atoms with Crippen LogP contribution < -0.4 is 10.2 Å². The molecule has 0 aromatic heterocycles. The quantitative estimate of drug-likeness (QED) is 0.495. The van der Waals surface area contributed by atoms with E-state index in [0.717, 1.165) is 6.92 Å². The number of rotatable bonds is 6. The Morgan fingerprint density at radius 3 is 2.00 bits per heavy atom. The fourth-order valence-electron chi connectivity index (χ4n) is 1.05. The van der Waals surface area contributed by atoms with Gasteiger partial charge in [0.25, 0.3) is 0 Å². The molecule has 0 aromatic rings. The van der Waals surface area contributed by atoms with E-state index in [1.54, 1.807) is 6.92 Å². The molecule has 84 valence electrons. The highest BCUT2D eigenvalue weighted by molar-refractivity contribution is 5.97. The molecule has 0 fully saturated rings. The monoisotopic (exact) mass is 212 g/mol. The van der Waals surface area contributed by atoms with E-state index in [2.05, 4.69) is 6.58 Å². The second-order valence-electron chi connectivity index (χ2n) is 3.45. The van der Waals surface area contributed by atoms with E-state index < -0.39 is 29.3 Å². The molecule has 0 rings (SSSR count). The van der Waals surface area contributed by atoms with Crippen LogP contribution in [0.4, 0.5) is 0 Å². The van der Waals surface area contributed by atoms with Crippen LogP contribution in [0.2, 0.25) is 0 Å². The zero-order valence-corrected chi connectivity index (χ0v) is 8.66. The summed E-state index contributed by atoms with van der Waals surface area (Å²) in [5.41, 5.74) is -2.55. The van der Waals surface area contributed by atoms with Crippen LogP contribution in [-0.4, -0.2) is 17.7 Å². The summed E-state index contributed by atoms with van der Waals surface area (Å²) in [5, 5.41) is 21.3. The van der Waals surface area contributed by atoms with Gasteiger partial charge in [0, 0.05) is 18.3 Å². The fourth-order valence-corrected chi connectivity index (χ4v) is 1.05. The number of ketones is 1. The summed E-state index contributed by atoms with van der Waals surface area (Å²) < 4.78 is 0. The topological polar surface area (TPSA) is 97.3 Å². The predicted octanol–water partition coefficient (Wildman–Crippen LogP) is -1.58. The first-order chi connectivity index (χ1) is 6.75. The number of carboxylic acids is 2. The average molecular weight is 212 g/mol. The van der Waals surface area contributed by atoms with Gasteiger partial charge in [-0.15, -0.1) is 0 Å². The maximum Gasteiger partial charge on any atom is 0.133 e. The summed E-state index contributed by atoms with van der Waals surface area (Å²) in [6.07, 6.45) is -0.318. The highest BCUT2D eigenvalue weighted by Crippen LogP contribution is 2.29. The Kier molecular flexibility index (Phi) is 4.21. The van der Waals surface area contributed by atoms with Crippen molar-refractivity contribution in [3.63, 3.8) is 0 Å². The van der Waals surface area contributed by atoms with Crippen molar-refractivity contribution in [2.45, 2.75) is 26.7 Å².